The molecule has 1 aliphatic rings. The van der Waals surface area contributed by atoms with E-state index in [0.717, 1.165) is 34.7 Å². The quantitative estimate of drug-likeness (QED) is 0.878. The molecule has 0 spiro atoms. The molecule has 3 rings (SSSR count). The zero-order valence-corrected chi connectivity index (χ0v) is 13.7. The Morgan fingerprint density at radius 2 is 1.87 bits per heavy atom. The molecule has 1 atom stereocenters. The number of aliphatic imine (C=N–C) groups is 1. The number of halogens is 1. The molecule has 2 aromatic rings. The van der Waals surface area contributed by atoms with E-state index in [4.69, 9.17) is 11.6 Å². The van der Waals surface area contributed by atoms with Crippen LogP contribution in [0.2, 0.25) is 5.02 Å². The number of aliphatic hydroxyl groups excluding tert-OH is 1. The second-order valence-electron chi connectivity index (χ2n) is 5.86. The summed E-state index contributed by atoms with van der Waals surface area (Å²) in [5, 5.41) is 10.7. The molecule has 1 aliphatic heterocycles. The Hall–Kier alpha value is -1.90. The van der Waals surface area contributed by atoms with Crippen LogP contribution in [0.15, 0.2) is 65.2 Å². The van der Waals surface area contributed by atoms with E-state index in [0.29, 0.717) is 13.0 Å². The molecule has 0 aliphatic carbocycles. The van der Waals surface area contributed by atoms with Crippen molar-refractivity contribution in [3.8, 4) is 0 Å². The van der Waals surface area contributed by atoms with Gasteiger partial charge in [0, 0.05) is 23.7 Å². The van der Waals surface area contributed by atoms with Gasteiger partial charge in [0.25, 0.3) is 0 Å². The fourth-order valence-corrected chi connectivity index (χ4v) is 2.91. The maximum absolute atomic E-state index is 9.97. The Labute approximate surface area is 142 Å². The summed E-state index contributed by atoms with van der Waals surface area (Å²) in [4.78, 5) is 4.65. The minimum atomic E-state index is -0.285. The average molecular weight is 326 g/mol. The molecule has 0 saturated heterocycles. The van der Waals surface area contributed by atoms with E-state index in [1.165, 1.54) is 5.56 Å². The van der Waals surface area contributed by atoms with Gasteiger partial charge in [0.2, 0.25) is 0 Å². The molecule has 0 radical (unpaired) electrons. The summed E-state index contributed by atoms with van der Waals surface area (Å²) in [6, 6.07) is 18.2. The summed E-state index contributed by atoms with van der Waals surface area (Å²) in [5.41, 5.74) is 4.53. The maximum atomic E-state index is 9.97. The van der Waals surface area contributed by atoms with Gasteiger partial charge >= 0.3 is 0 Å². The van der Waals surface area contributed by atoms with E-state index < -0.39 is 0 Å². The van der Waals surface area contributed by atoms with Gasteiger partial charge in [0.05, 0.1) is 6.10 Å². The number of hydrogen-bond acceptors (Lipinski definition) is 2. The van der Waals surface area contributed by atoms with Crippen LogP contribution in [0.5, 0.6) is 0 Å². The number of allylic oxidation sites excluding steroid dienone is 1. The first-order valence-corrected chi connectivity index (χ1v) is 8.30. The third kappa shape index (κ3) is 4.54. The molecule has 118 valence electrons. The normalized spacial score (nSPS) is 18.6. The number of rotatable bonds is 4. The van der Waals surface area contributed by atoms with Crippen LogP contribution in [0.25, 0.3) is 6.08 Å². The molecule has 0 aromatic heterocycles. The zero-order valence-electron chi connectivity index (χ0n) is 13.0. The molecule has 2 nitrogen and oxygen atoms in total. The molecule has 1 unspecified atom stereocenters. The molecule has 0 fully saturated rings. The van der Waals surface area contributed by atoms with Gasteiger partial charge in [-0.3, -0.25) is 4.99 Å². The zero-order chi connectivity index (χ0) is 16.1. The first-order chi connectivity index (χ1) is 11.2. The van der Waals surface area contributed by atoms with Gasteiger partial charge in [-0.25, -0.2) is 0 Å². The summed E-state index contributed by atoms with van der Waals surface area (Å²) in [7, 11) is 0. The summed E-state index contributed by atoms with van der Waals surface area (Å²) in [6.45, 7) is 0.698. The minimum Gasteiger partial charge on any atom is -0.393 e. The minimum absolute atomic E-state index is 0.285. The van der Waals surface area contributed by atoms with E-state index in [1.807, 2.05) is 42.5 Å². The van der Waals surface area contributed by atoms with Gasteiger partial charge in [0.15, 0.2) is 0 Å². The van der Waals surface area contributed by atoms with Gasteiger partial charge in [-0.15, -0.1) is 0 Å². The molecule has 23 heavy (non-hydrogen) atoms. The van der Waals surface area contributed by atoms with Gasteiger partial charge in [0.1, 0.15) is 0 Å². The van der Waals surface area contributed by atoms with Crippen molar-refractivity contribution in [2.45, 2.75) is 25.4 Å². The van der Waals surface area contributed by atoms with E-state index in [9.17, 15) is 5.11 Å². The molecule has 2 aromatic carbocycles. The Morgan fingerprint density at radius 3 is 2.57 bits per heavy atom. The average Bonchev–Trinajstić information content (AvgIpc) is 2.57. The fraction of sp³-hybridized carbons (Fsp3) is 0.250. The Bertz CT molecular complexity index is 704. The van der Waals surface area contributed by atoms with Crippen LogP contribution in [-0.2, 0) is 6.42 Å². The van der Waals surface area contributed by atoms with Gasteiger partial charge < -0.3 is 5.11 Å². The van der Waals surface area contributed by atoms with Gasteiger partial charge in [-0.1, -0.05) is 54.1 Å². The largest absolute Gasteiger partial charge is 0.393 e. The Balaban J connectivity index is 1.92. The highest BCUT2D eigenvalue weighted by molar-refractivity contribution is 6.30. The van der Waals surface area contributed by atoms with Crippen molar-refractivity contribution in [2.75, 3.05) is 6.54 Å². The van der Waals surface area contributed by atoms with Crippen LogP contribution in [0.1, 0.15) is 24.0 Å². The van der Waals surface area contributed by atoms with E-state index >= 15 is 0 Å². The maximum Gasteiger partial charge on any atom is 0.0613 e. The van der Waals surface area contributed by atoms with E-state index in [1.54, 1.807) is 0 Å². The van der Waals surface area contributed by atoms with Crippen LogP contribution < -0.4 is 0 Å². The van der Waals surface area contributed by atoms with Crippen molar-refractivity contribution >= 4 is 23.4 Å². The molecular weight excluding hydrogens is 306 g/mol. The second-order valence-corrected chi connectivity index (χ2v) is 6.29. The fourth-order valence-electron chi connectivity index (χ4n) is 2.78. The lowest BCUT2D eigenvalue weighted by Crippen LogP contribution is -2.22. The van der Waals surface area contributed by atoms with Crippen molar-refractivity contribution in [1.82, 2.24) is 0 Å². The summed E-state index contributed by atoms with van der Waals surface area (Å²) < 4.78 is 0. The monoisotopic (exact) mass is 325 g/mol. The number of hydrogen-bond donors (Lipinski definition) is 1. The highest BCUT2D eigenvalue weighted by Gasteiger charge is 2.17. The third-order valence-corrected chi connectivity index (χ3v) is 4.26. The van der Waals surface area contributed by atoms with Crippen molar-refractivity contribution in [3.05, 3.63) is 76.3 Å². The van der Waals surface area contributed by atoms with E-state index in [2.05, 4.69) is 23.2 Å². The van der Waals surface area contributed by atoms with E-state index in [-0.39, 0.29) is 6.10 Å². The standard InChI is InChI=1S/C20H20ClNO/c21-18-8-6-16(7-9-18)13-17(12-15-4-2-1-3-5-15)20-14-19(23)10-11-22-20/h1-9,13,19,23H,10-12,14H2. The molecule has 3 heteroatoms. The lowest BCUT2D eigenvalue weighted by molar-refractivity contribution is 0.170. The Morgan fingerprint density at radius 1 is 1.13 bits per heavy atom. The highest BCUT2D eigenvalue weighted by Crippen LogP contribution is 2.21. The number of nitrogens with zero attached hydrogens (tertiary/aromatic N) is 1. The van der Waals surface area contributed by atoms with Crippen LogP contribution in [0.4, 0.5) is 0 Å². The summed E-state index contributed by atoms with van der Waals surface area (Å²) in [5.74, 6) is 0. The summed E-state index contributed by atoms with van der Waals surface area (Å²) >= 11 is 5.97. The van der Waals surface area contributed by atoms with Crippen LogP contribution >= 0.6 is 11.6 Å². The molecule has 1 N–H and O–H groups in total. The molecule has 0 saturated carbocycles. The number of aliphatic hydroxyl groups is 1. The van der Waals surface area contributed by atoms with Crippen LogP contribution in [-0.4, -0.2) is 23.5 Å². The van der Waals surface area contributed by atoms with Gasteiger partial charge in [-0.2, -0.15) is 0 Å². The smallest absolute Gasteiger partial charge is 0.0613 e. The second kappa shape index (κ2) is 7.58. The van der Waals surface area contributed by atoms with Gasteiger partial charge in [-0.05, 0) is 47.8 Å². The highest BCUT2D eigenvalue weighted by atomic mass is 35.5. The number of benzene rings is 2. The molecule has 0 bridgehead atoms. The van der Waals surface area contributed by atoms with Crippen LogP contribution in [0.3, 0.4) is 0 Å². The predicted octanol–water partition coefficient (Wildman–Crippen LogP) is 4.56. The lowest BCUT2D eigenvalue weighted by Gasteiger charge is -2.20. The Kier molecular flexibility index (Phi) is 5.27. The molecular formula is C20H20ClNO. The molecule has 1 heterocycles. The van der Waals surface area contributed by atoms with Crippen molar-refractivity contribution in [2.24, 2.45) is 4.99 Å². The molecule has 0 amide bonds. The SMILES string of the molecule is OC1CCN=C(C(=Cc2ccc(Cl)cc2)Cc2ccccc2)C1. The third-order valence-electron chi connectivity index (χ3n) is 4.01. The predicted molar refractivity (Wildman–Crippen MR) is 97.1 cm³/mol. The lowest BCUT2D eigenvalue weighted by atomic mass is 9.93. The van der Waals surface area contributed by atoms with Crippen molar-refractivity contribution in [3.63, 3.8) is 0 Å². The van der Waals surface area contributed by atoms with Crippen molar-refractivity contribution in [1.29, 1.82) is 0 Å². The topological polar surface area (TPSA) is 32.6 Å². The van der Waals surface area contributed by atoms with Crippen molar-refractivity contribution < 1.29 is 5.11 Å². The first-order valence-electron chi connectivity index (χ1n) is 7.92. The first kappa shape index (κ1) is 16.0. The summed E-state index contributed by atoms with van der Waals surface area (Å²) in [6.07, 6.45) is 4.07. The van der Waals surface area contributed by atoms with Crippen LogP contribution in [0, 0.1) is 0 Å².